The summed E-state index contributed by atoms with van der Waals surface area (Å²) in [5, 5.41) is 6.80. The smallest absolute Gasteiger partial charge is 0.264 e. The molecule has 0 radical (unpaired) electrons. The normalized spacial score (nSPS) is 11.4. The molecule has 2 amide bonds. The van der Waals surface area contributed by atoms with Crippen molar-refractivity contribution in [1.82, 2.24) is 5.43 Å². The Labute approximate surface area is 216 Å². The summed E-state index contributed by atoms with van der Waals surface area (Å²) in [7, 11) is -1.27. The SMILES string of the molecule is COc1ccc(N(CC(=O)N/N=C(\C)c2cccc(NC(C)=O)c2)S(=O)(=O)c2ccccc2)c(OC)c1. The number of carbonyl (C=O) groups excluding carboxylic acids is 2. The number of rotatable bonds is 10. The highest BCUT2D eigenvalue weighted by Crippen LogP contribution is 2.35. The largest absolute Gasteiger partial charge is 0.497 e. The summed E-state index contributed by atoms with van der Waals surface area (Å²) in [5.41, 5.74) is 4.28. The van der Waals surface area contributed by atoms with Gasteiger partial charge in [0.2, 0.25) is 5.91 Å². The second kappa shape index (κ2) is 12.0. The summed E-state index contributed by atoms with van der Waals surface area (Å²) in [6, 6.07) is 19.3. The van der Waals surface area contributed by atoms with Gasteiger partial charge in [-0.2, -0.15) is 5.10 Å². The molecule has 0 aliphatic heterocycles. The van der Waals surface area contributed by atoms with Gasteiger partial charge >= 0.3 is 0 Å². The summed E-state index contributed by atoms with van der Waals surface area (Å²) in [6.07, 6.45) is 0. The van der Waals surface area contributed by atoms with Gasteiger partial charge in [0, 0.05) is 18.7 Å². The molecule has 0 atom stereocenters. The second-order valence-electron chi connectivity index (χ2n) is 7.86. The highest BCUT2D eigenvalue weighted by molar-refractivity contribution is 7.92. The molecule has 0 saturated carbocycles. The third kappa shape index (κ3) is 6.85. The third-order valence-corrected chi connectivity index (χ3v) is 7.00. The Hall–Kier alpha value is -4.38. The van der Waals surface area contributed by atoms with E-state index in [2.05, 4.69) is 15.8 Å². The maximum absolute atomic E-state index is 13.6. The van der Waals surface area contributed by atoms with Gasteiger partial charge in [-0.15, -0.1) is 0 Å². The van der Waals surface area contributed by atoms with E-state index in [-0.39, 0.29) is 22.2 Å². The molecule has 3 aromatic rings. The lowest BCUT2D eigenvalue weighted by molar-refractivity contribution is -0.119. The molecule has 0 aliphatic rings. The fourth-order valence-corrected chi connectivity index (χ4v) is 4.86. The van der Waals surface area contributed by atoms with Crippen LogP contribution in [0, 0.1) is 0 Å². The molecule has 3 aromatic carbocycles. The van der Waals surface area contributed by atoms with Crippen LogP contribution in [0.4, 0.5) is 11.4 Å². The Morgan fingerprint density at radius 3 is 2.30 bits per heavy atom. The number of nitrogens with zero attached hydrogens (tertiary/aromatic N) is 2. The number of ether oxygens (including phenoxy) is 2. The average molecular weight is 525 g/mol. The molecular weight excluding hydrogens is 496 g/mol. The highest BCUT2D eigenvalue weighted by atomic mass is 32.2. The Balaban J connectivity index is 1.91. The minimum Gasteiger partial charge on any atom is -0.497 e. The summed E-state index contributed by atoms with van der Waals surface area (Å²) in [5.74, 6) is -0.214. The van der Waals surface area contributed by atoms with Crippen molar-refractivity contribution in [3.8, 4) is 11.5 Å². The van der Waals surface area contributed by atoms with Crippen LogP contribution in [-0.2, 0) is 19.6 Å². The fraction of sp³-hybridized carbons (Fsp3) is 0.192. The second-order valence-corrected chi connectivity index (χ2v) is 9.72. The van der Waals surface area contributed by atoms with Crippen molar-refractivity contribution in [2.45, 2.75) is 18.7 Å². The van der Waals surface area contributed by atoms with E-state index in [0.717, 1.165) is 4.31 Å². The van der Waals surface area contributed by atoms with Crippen LogP contribution in [0.25, 0.3) is 0 Å². The van der Waals surface area contributed by atoms with Crippen LogP contribution in [0.3, 0.4) is 0 Å². The Bertz CT molecular complexity index is 1410. The zero-order valence-corrected chi connectivity index (χ0v) is 21.7. The standard InChI is InChI=1S/C26H28N4O6S/c1-18(20-9-8-10-21(15-20)27-19(2)31)28-29-26(32)17-30(37(33,34)23-11-6-5-7-12-23)24-14-13-22(35-3)16-25(24)36-4/h5-16H,17H2,1-4H3,(H,27,31)(H,29,32)/b28-18+. The van der Waals surface area contributed by atoms with Crippen LogP contribution < -0.4 is 24.5 Å². The Morgan fingerprint density at radius 2 is 1.65 bits per heavy atom. The Kier molecular flexibility index (Phi) is 8.86. The van der Waals surface area contributed by atoms with E-state index in [4.69, 9.17) is 9.47 Å². The van der Waals surface area contributed by atoms with Crippen LogP contribution >= 0.6 is 0 Å². The molecule has 0 bridgehead atoms. The lowest BCUT2D eigenvalue weighted by Gasteiger charge is -2.25. The van der Waals surface area contributed by atoms with Gasteiger partial charge in [-0.05, 0) is 48.9 Å². The van der Waals surface area contributed by atoms with Crippen LogP contribution in [-0.4, -0.2) is 46.7 Å². The topological polar surface area (TPSA) is 126 Å². The first-order chi connectivity index (χ1) is 17.6. The molecule has 37 heavy (non-hydrogen) atoms. The van der Waals surface area contributed by atoms with Gasteiger partial charge in [-0.1, -0.05) is 30.3 Å². The number of carbonyl (C=O) groups is 2. The number of anilines is 2. The number of amides is 2. The molecule has 0 unspecified atom stereocenters. The van der Waals surface area contributed by atoms with Gasteiger partial charge in [-0.3, -0.25) is 13.9 Å². The van der Waals surface area contributed by atoms with Crippen molar-refractivity contribution in [3.05, 3.63) is 78.4 Å². The summed E-state index contributed by atoms with van der Waals surface area (Å²) < 4.78 is 38.7. The van der Waals surface area contributed by atoms with E-state index in [0.29, 0.717) is 22.7 Å². The van der Waals surface area contributed by atoms with Gasteiger partial charge in [-0.25, -0.2) is 13.8 Å². The summed E-state index contributed by atoms with van der Waals surface area (Å²) in [6.45, 7) is 2.52. The van der Waals surface area contributed by atoms with Crippen LogP contribution in [0.5, 0.6) is 11.5 Å². The zero-order chi connectivity index (χ0) is 27.0. The molecule has 3 rings (SSSR count). The predicted molar refractivity (Wildman–Crippen MR) is 142 cm³/mol. The minimum absolute atomic E-state index is 0.00939. The molecular formula is C26H28N4O6S. The molecule has 0 heterocycles. The molecule has 0 spiro atoms. The number of hydrogen-bond donors (Lipinski definition) is 2. The van der Waals surface area contributed by atoms with Crippen molar-refractivity contribution in [1.29, 1.82) is 0 Å². The van der Waals surface area contributed by atoms with E-state index < -0.39 is 22.5 Å². The summed E-state index contributed by atoms with van der Waals surface area (Å²) in [4.78, 5) is 24.3. The molecule has 194 valence electrons. The van der Waals surface area contributed by atoms with Crippen molar-refractivity contribution in [2.24, 2.45) is 5.10 Å². The molecule has 2 N–H and O–H groups in total. The van der Waals surface area contributed by atoms with E-state index >= 15 is 0 Å². The quantitative estimate of drug-likeness (QED) is 0.309. The van der Waals surface area contributed by atoms with Crippen LogP contribution in [0.1, 0.15) is 19.4 Å². The van der Waals surface area contributed by atoms with Crippen molar-refractivity contribution < 1.29 is 27.5 Å². The lowest BCUT2D eigenvalue weighted by Crippen LogP contribution is -2.40. The number of sulfonamides is 1. The van der Waals surface area contributed by atoms with Gasteiger partial charge in [0.25, 0.3) is 15.9 Å². The monoisotopic (exact) mass is 524 g/mol. The lowest BCUT2D eigenvalue weighted by atomic mass is 10.1. The average Bonchev–Trinajstić information content (AvgIpc) is 2.90. The van der Waals surface area contributed by atoms with Crippen molar-refractivity contribution >= 4 is 38.9 Å². The Morgan fingerprint density at radius 1 is 0.919 bits per heavy atom. The first-order valence-corrected chi connectivity index (χ1v) is 12.6. The molecule has 0 saturated heterocycles. The van der Waals surface area contributed by atoms with Gasteiger partial charge in [0.05, 0.1) is 30.5 Å². The maximum Gasteiger partial charge on any atom is 0.264 e. The van der Waals surface area contributed by atoms with Gasteiger partial charge in [0.1, 0.15) is 18.0 Å². The predicted octanol–water partition coefficient (Wildman–Crippen LogP) is 3.40. The molecule has 0 aliphatic carbocycles. The summed E-state index contributed by atoms with van der Waals surface area (Å²) >= 11 is 0. The van der Waals surface area contributed by atoms with E-state index in [1.54, 1.807) is 55.5 Å². The third-order valence-electron chi connectivity index (χ3n) is 5.22. The van der Waals surface area contributed by atoms with E-state index in [1.165, 1.54) is 45.4 Å². The number of hydrogen-bond acceptors (Lipinski definition) is 7. The number of benzene rings is 3. The van der Waals surface area contributed by atoms with E-state index in [9.17, 15) is 18.0 Å². The van der Waals surface area contributed by atoms with Crippen LogP contribution in [0.2, 0.25) is 0 Å². The molecule has 0 fully saturated rings. The minimum atomic E-state index is -4.15. The fourth-order valence-electron chi connectivity index (χ4n) is 3.41. The number of hydrazone groups is 1. The van der Waals surface area contributed by atoms with E-state index in [1.807, 2.05) is 0 Å². The number of nitrogens with one attached hydrogen (secondary N) is 2. The molecule has 10 nitrogen and oxygen atoms in total. The van der Waals surface area contributed by atoms with Crippen molar-refractivity contribution in [3.63, 3.8) is 0 Å². The maximum atomic E-state index is 13.6. The first kappa shape index (κ1) is 27.2. The first-order valence-electron chi connectivity index (χ1n) is 11.2. The van der Waals surface area contributed by atoms with Gasteiger partial charge < -0.3 is 14.8 Å². The highest BCUT2D eigenvalue weighted by Gasteiger charge is 2.29. The number of methoxy groups -OCH3 is 2. The van der Waals surface area contributed by atoms with Crippen LogP contribution in [0.15, 0.2) is 82.8 Å². The van der Waals surface area contributed by atoms with Gasteiger partial charge in [0.15, 0.2) is 0 Å². The van der Waals surface area contributed by atoms with Crippen molar-refractivity contribution in [2.75, 3.05) is 30.4 Å². The molecule has 0 aromatic heterocycles. The molecule has 11 heteroatoms. The zero-order valence-electron chi connectivity index (χ0n) is 20.9.